The van der Waals surface area contributed by atoms with E-state index >= 15 is 0 Å². The van der Waals surface area contributed by atoms with E-state index < -0.39 is 0 Å². The molecule has 0 saturated heterocycles. The number of guanidine groups is 1. The first-order valence-corrected chi connectivity index (χ1v) is 8.86. The Kier molecular flexibility index (Phi) is 9.78. The molecule has 0 amide bonds. The van der Waals surface area contributed by atoms with Crippen LogP contribution in [-0.2, 0) is 12.8 Å². The van der Waals surface area contributed by atoms with Gasteiger partial charge in [0, 0.05) is 31.6 Å². The van der Waals surface area contributed by atoms with Crippen LogP contribution < -0.4 is 5.32 Å². The molecule has 0 radical (unpaired) electrons. The Balaban J connectivity index is 0.00000288. The van der Waals surface area contributed by atoms with Crippen molar-refractivity contribution >= 4 is 41.3 Å². The third kappa shape index (κ3) is 7.09. The highest BCUT2D eigenvalue weighted by Gasteiger charge is 2.06. The summed E-state index contributed by atoms with van der Waals surface area (Å²) in [4.78, 5) is 8.26. The van der Waals surface area contributed by atoms with Crippen LogP contribution in [0.5, 0.6) is 5.75 Å². The molecule has 0 unspecified atom stereocenters. The lowest BCUT2D eigenvalue weighted by Crippen LogP contribution is -2.40. The molecular formula is C18H26IN3OS. The Morgan fingerprint density at radius 1 is 1.25 bits per heavy atom. The van der Waals surface area contributed by atoms with E-state index in [-0.39, 0.29) is 24.0 Å². The van der Waals surface area contributed by atoms with Crippen LogP contribution in [0.2, 0.25) is 0 Å². The van der Waals surface area contributed by atoms with Crippen molar-refractivity contribution in [2.45, 2.75) is 19.8 Å². The predicted molar refractivity (Wildman–Crippen MR) is 114 cm³/mol. The van der Waals surface area contributed by atoms with Gasteiger partial charge in [-0.2, -0.15) is 0 Å². The zero-order valence-electron chi connectivity index (χ0n) is 14.2. The maximum absolute atomic E-state index is 9.50. The van der Waals surface area contributed by atoms with Crippen molar-refractivity contribution < 1.29 is 5.11 Å². The number of rotatable bonds is 7. The fourth-order valence-corrected chi connectivity index (χ4v) is 3.01. The maximum Gasteiger partial charge on any atom is 0.193 e. The maximum atomic E-state index is 9.50. The minimum atomic E-state index is 0. The number of phenolic OH excluding ortho intramolecular Hbond substituents is 1. The summed E-state index contributed by atoms with van der Waals surface area (Å²) < 4.78 is 0. The molecule has 0 bridgehead atoms. The second-order valence-corrected chi connectivity index (χ2v) is 6.44. The number of nitrogens with zero attached hydrogens (tertiary/aromatic N) is 2. The zero-order chi connectivity index (χ0) is 16.5. The third-order valence-electron chi connectivity index (χ3n) is 3.54. The monoisotopic (exact) mass is 459 g/mol. The summed E-state index contributed by atoms with van der Waals surface area (Å²) in [6.07, 6.45) is 1.85. The molecule has 0 fully saturated rings. The topological polar surface area (TPSA) is 47.9 Å². The van der Waals surface area contributed by atoms with Gasteiger partial charge in [-0.3, -0.25) is 4.99 Å². The molecule has 0 saturated carbocycles. The molecule has 1 aromatic carbocycles. The Bertz CT molecular complexity index is 616. The smallest absolute Gasteiger partial charge is 0.193 e. The molecule has 1 heterocycles. The van der Waals surface area contributed by atoms with E-state index in [1.54, 1.807) is 23.5 Å². The summed E-state index contributed by atoms with van der Waals surface area (Å²) in [6, 6.07) is 11.6. The average Bonchev–Trinajstić information content (AvgIpc) is 3.05. The number of hydrogen-bond acceptors (Lipinski definition) is 3. The van der Waals surface area contributed by atoms with Gasteiger partial charge in [-0.25, -0.2) is 0 Å². The van der Waals surface area contributed by atoms with E-state index in [4.69, 9.17) is 4.99 Å². The molecule has 2 N–H and O–H groups in total. The number of benzene rings is 1. The van der Waals surface area contributed by atoms with E-state index in [1.165, 1.54) is 4.88 Å². The second kappa shape index (κ2) is 11.3. The quantitative estimate of drug-likeness (QED) is 0.377. The van der Waals surface area contributed by atoms with Crippen LogP contribution in [0.4, 0.5) is 0 Å². The molecular weight excluding hydrogens is 433 g/mol. The van der Waals surface area contributed by atoms with Crippen LogP contribution in [0.3, 0.4) is 0 Å². The first-order chi connectivity index (χ1) is 11.2. The minimum absolute atomic E-state index is 0. The summed E-state index contributed by atoms with van der Waals surface area (Å²) in [5, 5.41) is 15.0. The van der Waals surface area contributed by atoms with Crippen LogP contribution in [0.1, 0.15) is 17.4 Å². The van der Waals surface area contributed by atoms with Gasteiger partial charge in [0.1, 0.15) is 5.75 Å². The Morgan fingerprint density at radius 2 is 2.08 bits per heavy atom. The highest BCUT2D eigenvalue weighted by Crippen LogP contribution is 2.11. The lowest BCUT2D eigenvalue weighted by Gasteiger charge is -2.21. The molecule has 4 nitrogen and oxygen atoms in total. The number of aromatic hydroxyl groups is 1. The summed E-state index contributed by atoms with van der Waals surface area (Å²) >= 11 is 1.80. The molecule has 0 aliphatic rings. The summed E-state index contributed by atoms with van der Waals surface area (Å²) in [5.74, 6) is 1.25. The predicted octanol–water partition coefficient (Wildman–Crippen LogP) is 3.75. The molecule has 0 aliphatic heterocycles. The fraction of sp³-hybridized carbons (Fsp3) is 0.389. The number of phenols is 1. The minimum Gasteiger partial charge on any atom is -0.508 e. The van der Waals surface area contributed by atoms with Gasteiger partial charge < -0.3 is 15.3 Å². The van der Waals surface area contributed by atoms with E-state index in [0.717, 1.165) is 37.5 Å². The van der Waals surface area contributed by atoms with Gasteiger partial charge in [0.15, 0.2) is 5.96 Å². The average molecular weight is 459 g/mol. The largest absolute Gasteiger partial charge is 0.508 e. The lowest BCUT2D eigenvalue weighted by molar-refractivity contribution is 0.474. The fourth-order valence-electron chi connectivity index (χ4n) is 2.31. The molecule has 6 heteroatoms. The van der Waals surface area contributed by atoms with Crippen LogP contribution >= 0.6 is 35.3 Å². The number of hydrogen-bond donors (Lipinski definition) is 2. The van der Waals surface area contributed by atoms with Gasteiger partial charge in [-0.1, -0.05) is 18.2 Å². The number of halogens is 1. The summed E-state index contributed by atoms with van der Waals surface area (Å²) in [6.45, 7) is 4.58. The third-order valence-corrected chi connectivity index (χ3v) is 4.48. The molecule has 1 aromatic heterocycles. The number of nitrogens with one attached hydrogen (secondary N) is 1. The van der Waals surface area contributed by atoms with E-state index in [2.05, 4.69) is 41.7 Å². The number of aliphatic imine (C=N–C) groups is 1. The van der Waals surface area contributed by atoms with Gasteiger partial charge in [0.25, 0.3) is 0 Å². The van der Waals surface area contributed by atoms with Crippen molar-refractivity contribution in [1.29, 1.82) is 0 Å². The molecule has 0 aliphatic carbocycles. The van der Waals surface area contributed by atoms with Crippen LogP contribution in [0.15, 0.2) is 46.8 Å². The molecule has 132 valence electrons. The molecule has 2 rings (SSSR count). The van der Waals surface area contributed by atoms with Gasteiger partial charge >= 0.3 is 0 Å². The normalized spacial score (nSPS) is 11.0. The summed E-state index contributed by atoms with van der Waals surface area (Å²) in [5.41, 5.74) is 1.10. The molecule has 0 spiro atoms. The van der Waals surface area contributed by atoms with Gasteiger partial charge in [0.2, 0.25) is 0 Å². The Hall–Kier alpha value is -1.28. The SMILES string of the molecule is CCNC(=NCCc1cccc(O)c1)N(C)CCc1cccs1.I. The second-order valence-electron chi connectivity index (χ2n) is 5.41. The van der Waals surface area contributed by atoms with Crippen molar-refractivity contribution in [1.82, 2.24) is 10.2 Å². The first kappa shape index (κ1) is 20.8. The number of likely N-dealkylation sites (N-methyl/N-ethyl adjacent to an activating group) is 1. The molecule has 24 heavy (non-hydrogen) atoms. The summed E-state index contributed by atoms with van der Waals surface area (Å²) in [7, 11) is 2.07. The number of thiophene rings is 1. The zero-order valence-corrected chi connectivity index (χ0v) is 17.4. The molecule has 0 atom stereocenters. The standard InChI is InChI=1S/C18H25N3OS.HI/c1-3-19-18(21(2)12-10-17-8-5-13-23-17)20-11-9-15-6-4-7-16(22)14-15;/h4-8,13-14,22H,3,9-12H2,1-2H3,(H,19,20);1H. The van der Waals surface area contributed by atoms with E-state index in [0.29, 0.717) is 12.3 Å². The van der Waals surface area contributed by atoms with Crippen molar-refractivity contribution in [2.75, 3.05) is 26.7 Å². The Labute approximate surface area is 165 Å². The highest BCUT2D eigenvalue weighted by molar-refractivity contribution is 14.0. The van der Waals surface area contributed by atoms with Crippen LogP contribution in [0, 0.1) is 0 Å². The van der Waals surface area contributed by atoms with Gasteiger partial charge in [0.05, 0.1) is 0 Å². The highest BCUT2D eigenvalue weighted by atomic mass is 127. The van der Waals surface area contributed by atoms with Crippen molar-refractivity contribution in [2.24, 2.45) is 4.99 Å². The van der Waals surface area contributed by atoms with Crippen molar-refractivity contribution in [3.05, 3.63) is 52.2 Å². The van der Waals surface area contributed by atoms with Gasteiger partial charge in [-0.05, 0) is 48.9 Å². The van der Waals surface area contributed by atoms with E-state index in [9.17, 15) is 5.11 Å². The Morgan fingerprint density at radius 3 is 2.75 bits per heavy atom. The first-order valence-electron chi connectivity index (χ1n) is 7.98. The van der Waals surface area contributed by atoms with Crippen molar-refractivity contribution in [3.63, 3.8) is 0 Å². The van der Waals surface area contributed by atoms with Crippen LogP contribution in [0.25, 0.3) is 0 Å². The van der Waals surface area contributed by atoms with Gasteiger partial charge in [-0.15, -0.1) is 35.3 Å². The van der Waals surface area contributed by atoms with Crippen LogP contribution in [-0.4, -0.2) is 42.6 Å². The lowest BCUT2D eigenvalue weighted by atomic mass is 10.1. The van der Waals surface area contributed by atoms with Crippen molar-refractivity contribution in [3.8, 4) is 5.75 Å². The van der Waals surface area contributed by atoms with E-state index in [1.807, 2.05) is 12.1 Å². The molecule has 2 aromatic rings.